The summed E-state index contributed by atoms with van der Waals surface area (Å²) >= 11 is 0. The van der Waals surface area contributed by atoms with Gasteiger partial charge in [-0.3, -0.25) is 0 Å². The van der Waals surface area contributed by atoms with Gasteiger partial charge in [-0.15, -0.1) is 0 Å². The number of hydrogen-bond acceptors (Lipinski definition) is 2. The Morgan fingerprint density at radius 1 is 0.778 bits per heavy atom. The molecule has 1 fully saturated rings. The van der Waals surface area contributed by atoms with Crippen molar-refractivity contribution < 1.29 is 10.2 Å². The van der Waals surface area contributed by atoms with Crippen molar-refractivity contribution in [2.45, 2.75) is 51.7 Å². The predicted octanol–water partition coefficient (Wildman–Crippen LogP) is 2.67. The fraction of sp³-hybridized carbons (Fsp3) is 0.750. The van der Waals surface area contributed by atoms with Crippen molar-refractivity contribution in [3.8, 4) is 0 Å². The number of hydrogen-bond donors (Lipinski definition) is 2. The van der Waals surface area contributed by atoms with E-state index in [2.05, 4.69) is 26.0 Å². The van der Waals surface area contributed by atoms with E-state index in [1.165, 1.54) is 11.1 Å². The van der Waals surface area contributed by atoms with Crippen molar-refractivity contribution in [3.63, 3.8) is 0 Å². The van der Waals surface area contributed by atoms with Crippen LogP contribution in [0, 0.1) is 23.7 Å². The molecule has 0 aliphatic heterocycles. The summed E-state index contributed by atoms with van der Waals surface area (Å²) in [6.45, 7) is 4.29. The molecule has 0 heterocycles. The zero-order valence-electron chi connectivity index (χ0n) is 11.3. The minimum Gasteiger partial charge on any atom is -0.393 e. The van der Waals surface area contributed by atoms with E-state index in [9.17, 15) is 10.2 Å². The van der Waals surface area contributed by atoms with E-state index in [-0.39, 0.29) is 35.9 Å². The maximum absolute atomic E-state index is 10.7. The normalized spacial score (nSPS) is 47.8. The highest BCUT2D eigenvalue weighted by Crippen LogP contribution is 2.49. The Morgan fingerprint density at radius 3 is 1.56 bits per heavy atom. The summed E-state index contributed by atoms with van der Waals surface area (Å²) in [6.07, 6.45) is 7.88. The van der Waals surface area contributed by atoms with Crippen molar-refractivity contribution in [2.75, 3.05) is 0 Å². The molecular weight excluding hydrogens is 224 g/mol. The molecule has 1 saturated carbocycles. The molecule has 0 aromatic heterocycles. The third kappa shape index (κ3) is 1.86. The van der Waals surface area contributed by atoms with Crippen molar-refractivity contribution in [1.29, 1.82) is 0 Å². The average Bonchev–Trinajstić information content (AvgIpc) is 2.36. The monoisotopic (exact) mass is 248 g/mol. The molecule has 3 rings (SSSR count). The lowest BCUT2D eigenvalue weighted by atomic mass is 9.57. The van der Waals surface area contributed by atoms with E-state index in [0.29, 0.717) is 0 Å². The lowest BCUT2D eigenvalue weighted by Gasteiger charge is -2.51. The largest absolute Gasteiger partial charge is 0.393 e. The van der Waals surface area contributed by atoms with Crippen molar-refractivity contribution >= 4 is 0 Å². The van der Waals surface area contributed by atoms with Crippen LogP contribution in [0.4, 0.5) is 0 Å². The first kappa shape index (κ1) is 12.4. The lowest BCUT2D eigenvalue weighted by molar-refractivity contribution is -0.121. The van der Waals surface area contributed by atoms with E-state index >= 15 is 0 Å². The maximum Gasteiger partial charge on any atom is 0.0610 e. The second-order valence-corrected chi connectivity index (χ2v) is 6.62. The van der Waals surface area contributed by atoms with Crippen LogP contribution in [0.2, 0.25) is 0 Å². The molecule has 0 unspecified atom stereocenters. The Morgan fingerprint density at radius 2 is 1.17 bits per heavy atom. The molecule has 0 bridgehead atoms. The molecule has 0 aromatic rings. The summed E-state index contributed by atoms with van der Waals surface area (Å²) in [5.74, 6) is 1.10. The van der Waals surface area contributed by atoms with Crippen molar-refractivity contribution in [2.24, 2.45) is 23.7 Å². The molecule has 2 N–H and O–H groups in total. The van der Waals surface area contributed by atoms with Crippen LogP contribution < -0.4 is 0 Å². The van der Waals surface area contributed by atoms with Gasteiger partial charge >= 0.3 is 0 Å². The average molecular weight is 248 g/mol. The Hall–Kier alpha value is -0.600. The van der Waals surface area contributed by atoms with Crippen molar-refractivity contribution in [3.05, 3.63) is 23.3 Å². The first-order valence-electron chi connectivity index (χ1n) is 7.25. The van der Waals surface area contributed by atoms with Gasteiger partial charge in [-0.2, -0.15) is 0 Å². The van der Waals surface area contributed by atoms with E-state index in [1.807, 2.05) is 0 Å². The van der Waals surface area contributed by atoms with Gasteiger partial charge in [-0.05, 0) is 63.2 Å². The summed E-state index contributed by atoms with van der Waals surface area (Å²) in [5.41, 5.74) is 2.76. The van der Waals surface area contributed by atoms with Crippen LogP contribution in [0.25, 0.3) is 0 Å². The molecule has 2 nitrogen and oxygen atoms in total. The fourth-order valence-electron chi connectivity index (χ4n) is 4.41. The van der Waals surface area contributed by atoms with Crippen LogP contribution in [-0.2, 0) is 0 Å². The minimum absolute atomic E-state index is 0.226. The maximum atomic E-state index is 10.7. The van der Waals surface area contributed by atoms with E-state index in [4.69, 9.17) is 0 Å². The number of fused-ring (bicyclic) bond motifs is 2. The minimum atomic E-state index is -0.226. The van der Waals surface area contributed by atoms with Gasteiger partial charge in [0.25, 0.3) is 0 Å². The van der Waals surface area contributed by atoms with Gasteiger partial charge in [0.2, 0.25) is 0 Å². The lowest BCUT2D eigenvalue weighted by Crippen LogP contribution is -2.53. The highest BCUT2D eigenvalue weighted by molar-refractivity contribution is 5.16. The van der Waals surface area contributed by atoms with E-state index < -0.39 is 0 Å². The summed E-state index contributed by atoms with van der Waals surface area (Å²) in [4.78, 5) is 0. The summed E-state index contributed by atoms with van der Waals surface area (Å²) in [7, 11) is 0. The number of aliphatic hydroxyl groups excluding tert-OH is 2. The molecule has 0 aromatic carbocycles. The molecule has 6 atom stereocenters. The second-order valence-electron chi connectivity index (χ2n) is 6.62. The van der Waals surface area contributed by atoms with Gasteiger partial charge < -0.3 is 10.2 Å². The highest BCUT2D eigenvalue weighted by Gasteiger charge is 2.49. The Labute approximate surface area is 109 Å². The van der Waals surface area contributed by atoms with Crippen molar-refractivity contribution in [1.82, 2.24) is 0 Å². The molecule has 100 valence electrons. The predicted molar refractivity (Wildman–Crippen MR) is 72.0 cm³/mol. The van der Waals surface area contributed by atoms with E-state index in [0.717, 1.165) is 25.7 Å². The Kier molecular flexibility index (Phi) is 3.11. The van der Waals surface area contributed by atoms with Crippen LogP contribution >= 0.6 is 0 Å². The van der Waals surface area contributed by atoms with Gasteiger partial charge in [0.15, 0.2) is 0 Å². The molecule has 3 aliphatic rings. The quantitative estimate of drug-likeness (QED) is 0.647. The Bertz CT molecular complexity index is 358. The van der Waals surface area contributed by atoms with Crippen LogP contribution in [-0.4, -0.2) is 22.4 Å². The molecule has 0 spiro atoms. The smallest absolute Gasteiger partial charge is 0.0610 e. The summed E-state index contributed by atoms with van der Waals surface area (Å²) in [5, 5.41) is 21.3. The van der Waals surface area contributed by atoms with Crippen LogP contribution in [0.1, 0.15) is 39.5 Å². The summed E-state index contributed by atoms with van der Waals surface area (Å²) in [6, 6.07) is 0. The fourth-order valence-corrected chi connectivity index (χ4v) is 4.41. The van der Waals surface area contributed by atoms with Crippen LogP contribution in [0.3, 0.4) is 0 Å². The van der Waals surface area contributed by atoms with E-state index in [1.54, 1.807) is 0 Å². The number of rotatable bonds is 0. The highest BCUT2D eigenvalue weighted by atomic mass is 16.3. The molecule has 3 aliphatic carbocycles. The van der Waals surface area contributed by atoms with Crippen LogP contribution in [0.15, 0.2) is 23.3 Å². The Balaban J connectivity index is 1.89. The zero-order chi connectivity index (χ0) is 12.9. The topological polar surface area (TPSA) is 40.5 Å². The molecule has 0 saturated heterocycles. The standard InChI is InChI=1S/C16H24O2/c1-9-3-5-11-13(7-9)15(17)12-6-4-10(2)8-14(12)16(11)18/h3-4,11-18H,5-8H2,1-2H3/t11-,12-,13+,14+,15-,16+/m0/s1. The van der Waals surface area contributed by atoms with Gasteiger partial charge in [-0.1, -0.05) is 23.3 Å². The molecule has 18 heavy (non-hydrogen) atoms. The summed E-state index contributed by atoms with van der Waals surface area (Å²) < 4.78 is 0. The molecule has 0 amide bonds. The first-order valence-corrected chi connectivity index (χ1v) is 7.25. The number of aliphatic hydroxyl groups is 2. The van der Waals surface area contributed by atoms with Gasteiger partial charge in [0.1, 0.15) is 0 Å². The molecular formula is C16H24O2. The molecule has 2 heteroatoms. The first-order chi connectivity index (χ1) is 8.58. The van der Waals surface area contributed by atoms with Gasteiger partial charge in [0, 0.05) is 0 Å². The zero-order valence-corrected chi connectivity index (χ0v) is 11.3. The van der Waals surface area contributed by atoms with Gasteiger partial charge in [-0.25, -0.2) is 0 Å². The van der Waals surface area contributed by atoms with Gasteiger partial charge in [0.05, 0.1) is 12.2 Å². The van der Waals surface area contributed by atoms with Crippen LogP contribution in [0.5, 0.6) is 0 Å². The number of allylic oxidation sites excluding steroid dienone is 4. The second kappa shape index (κ2) is 4.50. The molecule has 0 radical (unpaired) electrons. The third-order valence-corrected chi connectivity index (χ3v) is 5.45. The third-order valence-electron chi connectivity index (χ3n) is 5.45. The SMILES string of the molecule is CC1=CC[C@@H]2[C@H](O)[C@@H]3CC(C)=CC[C@@H]3[C@@H](O)[C@@H]2C1.